The Kier molecular flexibility index (Phi) is 2.92. The summed E-state index contributed by atoms with van der Waals surface area (Å²) in [5.74, 6) is -0.526. The van der Waals surface area contributed by atoms with Crippen molar-refractivity contribution in [1.29, 1.82) is 0 Å². The Bertz CT molecular complexity index is 345. The van der Waals surface area contributed by atoms with E-state index in [4.69, 9.17) is 5.11 Å². The van der Waals surface area contributed by atoms with Gasteiger partial charge in [-0.1, -0.05) is 20.3 Å². The maximum atomic E-state index is 11.8. The summed E-state index contributed by atoms with van der Waals surface area (Å²) in [5, 5.41) is 11.8. The highest BCUT2D eigenvalue weighted by Gasteiger charge is 2.51. The van der Waals surface area contributed by atoms with Crippen LogP contribution in [-0.2, 0) is 9.59 Å². The monoisotopic (exact) mass is 239 g/mol. The Labute approximate surface area is 102 Å². The van der Waals surface area contributed by atoms with Crippen LogP contribution in [0.3, 0.4) is 0 Å². The van der Waals surface area contributed by atoms with E-state index in [0.29, 0.717) is 6.54 Å². The van der Waals surface area contributed by atoms with E-state index in [1.165, 1.54) is 0 Å². The minimum atomic E-state index is -0.759. The lowest BCUT2D eigenvalue weighted by Gasteiger charge is -2.40. The minimum Gasteiger partial charge on any atom is -0.481 e. The fourth-order valence-electron chi connectivity index (χ4n) is 2.73. The summed E-state index contributed by atoms with van der Waals surface area (Å²) in [6, 6.07) is 0. The molecule has 0 radical (unpaired) electrons. The van der Waals surface area contributed by atoms with Crippen LogP contribution in [0.1, 0.15) is 46.0 Å². The van der Waals surface area contributed by atoms with Crippen LogP contribution >= 0.6 is 0 Å². The van der Waals surface area contributed by atoms with E-state index in [-0.39, 0.29) is 29.1 Å². The molecule has 4 heteroatoms. The highest BCUT2D eigenvalue weighted by Crippen LogP contribution is 2.52. The Morgan fingerprint density at radius 3 is 2.29 bits per heavy atom. The zero-order valence-electron chi connectivity index (χ0n) is 10.6. The topological polar surface area (TPSA) is 66.4 Å². The second-order valence-corrected chi connectivity index (χ2v) is 6.39. The fraction of sp³-hybridized carbons (Fsp3) is 0.846. The third-order valence-corrected chi connectivity index (χ3v) is 4.41. The highest BCUT2D eigenvalue weighted by atomic mass is 16.4. The molecule has 0 bridgehead atoms. The Morgan fingerprint density at radius 2 is 1.94 bits per heavy atom. The van der Waals surface area contributed by atoms with Gasteiger partial charge in [0.05, 0.1) is 6.42 Å². The van der Waals surface area contributed by atoms with Gasteiger partial charge in [0.1, 0.15) is 0 Å². The first-order chi connectivity index (χ1) is 7.85. The summed E-state index contributed by atoms with van der Waals surface area (Å²) in [6.45, 7) is 4.71. The number of nitrogens with one attached hydrogen (secondary N) is 1. The average Bonchev–Trinajstić information content (AvgIpc) is 2.79. The number of rotatable bonds is 5. The Morgan fingerprint density at radius 1 is 1.35 bits per heavy atom. The summed E-state index contributed by atoms with van der Waals surface area (Å²) in [7, 11) is 0. The van der Waals surface area contributed by atoms with E-state index in [1.54, 1.807) is 0 Å². The summed E-state index contributed by atoms with van der Waals surface area (Å²) in [4.78, 5) is 22.6. The summed E-state index contributed by atoms with van der Waals surface area (Å²) in [6.07, 6.45) is 4.06. The lowest BCUT2D eigenvalue weighted by molar-refractivity contribution is -0.142. The van der Waals surface area contributed by atoms with Crippen LogP contribution in [0.15, 0.2) is 0 Å². The molecule has 0 aromatic carbocycles. The predicted octanol–water partition coefficient (Wildman–Crippen LogP) is 1.79. The molecule has 0 aliphatic heterocycles. The zero-order chi connectivity index (χ0) is 12.7. The van der Waals surface area contributed by atoms with Gasteiger partial charge in [-0.2, -0.15) is 0 Å². The highest BCUT2D eigenvalue weighted by molar-refractivity contribution is 5.82. The largest absolute Gasteiger partial charge is 0.481 e. The van der Waals surface area contributed by atoms with Gasteiger partial charge in [-0.3, -0.25) is 9.59 Å². The van der Waals surface area contributed by atoms with Crippen LogP contribution in [-0.4, -0.2) is 23.5 Å². The second-order valence-electron chi connectivity index (χ2n) is 6.39. The molecule has 2 N–H and O–H groups in total. The van der Waals surface area contributed by atoms with E-state index in [2.05, 4.69) is 19.2 Å². The smallest absolute Gasteiger partial charge is 0.303 e. The molecule has 96 valence electrons. The van der Waals surface area contributed by atoms with Crippen LogP contribution in [0.4, 0.5) is 0 Å². The van der Waals surface area contributed by atoms with Crippen LogP contribution in [0, 0.1) is 16.7 Å². The molecule has 2 aliphatic carbocycles. The quantitative estimate of drug-likeness (QED) is 0.768. The predicted molar refractivity (Wildman–Crippen MR) is 63.4 cm³/mol. The third kappa shape index (κ3) is 2.61. The molecule has 0 aromatic heterocycles. The van der Waals surface area contributed by atoms with Gasteiger partial charge in [0, 0.05) is 12.5 Å². The van der Waals surface area contributed by atoms with Crippen molar-refractivity contribution in [3.8, 4) is 0 Å². The van der Waals surface area contributed by atoms with Gasteiger partial charge in [-0.15, -0.1) is 0 Å². The molecule has 2 saturated carbocycles. The Hall–Kier alpha value is -1.06. The molecule has 2 rings (SSSR count). The van der Waals surface area contributed by atoms with Crippen molar-refractivity contribution in [2.45, 2.75) is 46.0 Å². The number of hydrogen-bond donors (Lipinski definition) is 2. The number of aliphatic carboxylic acids is 1. The molecule has 0 spiro atoms. The molecular weight excluding hydrogens is 218 g/mol. The van der Waals surface area contributed by atoms with E-state index < -0.39 is 5.97 Å². The third-order valence-electron chi connectivity index (χ3n) is 4.41. The number of hydrogen-bond acceptors (Lipinski definition) is 2. The molecule has 2 aliphatic rings. The van der Waals surface area contributed by atoms with Gasteiger partial charge < -0.3 is 10.4 Å². The first-order valence-electron chi connectivity index (χ1n) is 6.34. The lowest BCUT2D eigenvalue weighted by Crippen LogP contribution is -2.44. The summed E-state index contributed by atoms with van der Waals surface area (Å²) < 4.78 is 0. The van der Waals surface area contributed by atoms with Crippen molar-refractivity contribution >= 4 is 11.9 Å². The van der Waals surface area contributed by atoms with Gasteiger partial charge in [0.2, 0.25) is 5.91 Å². The summed E-state index contributed by atoms with van der Waals surface area (Å²) in [5.41, 5.74) is -0.0236. The van der Waals surface area contributed by atoms with Gasteiger partial charge in [-0.25, -0.2) is 0 Å². The number of amides is 1. The van der Waals surface area contributed by atoms with Crippen molar-refractivity contribution in [2.24, 2.45) is 16.7 Å². The van der Waals surface area contributed by atoms with Crippen molar-refractivity contribution < 1.29 is 14.7 Å². The van der Waals surface area contributed by atoms with Crippen molar-refractivity contribution in [3.05, 3.63) is 0 Å². The molecule has 1 atom stereocenters. The number of carboxylic acid groups (broad SMARTS) is 1. The fourth-order valence-corrected chi connectivity index (χ4v) is 2.73. The second kappa shape index (κ2) is 4.00. The van der Waals surface area contributed by atoms with E-state index in [1.807, 2.05) is 0 Å². The van der Waals surface area contributed by atoms with Crippen LogP contribution in [0.25, 0.3) is 0 Å². The number of carbonyl (C=O) groups is 2. The van der Waals surface area contributed by atoms with E-state index >= 15 is 0 Å². The number of carbonyl (C=O) groups excluding carboxylic acids is 1. The van der Waals surface area contributed by atoms with Crippen molar-refractivity contribution in [3.63, 3.8) is 0 Å². The summed E-state index contributed by atoms with van der Waals surface area (Å²) >= 11 is 0. The van der Waals surface area contributed by atoms with Gasteiger partial charge in [0.15, 0.2) is 0 Å². The van der Waals surface area contributed by atoms with Crippen LogP contribution < -0.4 is 5.32 Å². The van der Waals surface area contributed by atoms with Crippen LogP contribution in [0.5, 0.6) is 0 Å². The SMILES string of the molecule is CC1(C)CC1C(=O)NCC1(CC(=O)O)CCC1. The number of carboxylic acids is 1. The molecular formula is C13H21NO3. The molecule has 17 heavy (non-hydrogen) atoms. The molecule has 4 nitrogen and oxygen atoms in total. The maximum Gasteiger partial charge on any atom is 0.303 e. The van der Waals surface area contributed by atoms with Gasteiger partial charge in [-0.05, 0) is 30.1 Å². The normalized spacial score (nSPS) is 28.0. The first kappa shape index (κ1) is 12.4. The minimum absolute atomic E-state index is 0.103. The molecule has 1 unspecified atom stereocenters. The molecule has 2 fully saturated rings. The maximum absolute atomic E-state index is 11.8. The van der Waals surface area contributed by atoms with E-state index in [0.717, 1.165) is 25.7 Å². The van der Waals surface area contributed by atoms with Gasteiger partial charge >= 0.3 is 5.97 Å². The molecule has 0 aromatic rings. The zero-order valence-corrected chi connectivity index (χ0v) is 10.6. The standard InChI is InChI=1S/C13H21NO3/c1-12(2)6-9(12)11(17)14-8-13(4-3-5-13)7-10(15)16/h9H,3-8H2,1-2H3,(H,14,17)(H,15,16). The van der Waals surface area contributed by atoms with Crippen molar-refractivity contribution in [1.82, 2.24) is 5.32 Å². The Balaban J connectivity index is 1.81. The first-order valence-corrected chi connectivity index (χ1v) is 6.34. The molecule has 1 amide bonds. The molecule has 0 heterocycles. The van der Waals surface area contributed by atoms with E-state index in [9.17, 15) is 9.59 Å². The van der Waals surface area contributed by atoms with Crippen LogP contribution in [0.2, 0.25) is 0 Å². The van der Waals surface area contributed by atoms with Gasteiger partial charge in [0.25, 0.3) is 0 Å². The lowest BCUT2D eigenvalue weighted by atomic mass is 9.66. The van der Waals surface area contributed by atoms with Crippen molar-refractivity contribution in [2.75, 3.05) is 6.54 Å². The average molecular weight is 239 g/mol. The molecule has 0 saturated heterocycles.